The Labute approximate surface area is 129 Å². The summed E-state index contributed by atoms with van der Waals surface area (Å²) in [7, 11) is 0. The summed E-state index contributed by atoms with van der Waals surface area (Å²) in [4.78, 5) is 0. The highest BCUT2D eigenvalue weighted by Crippen LogP contribution is 2.43. The van der Waals surface area contributed by atoms with Gasteiger partial charge in [-0.2, -0.15) is 0 Å². The van der Waals surface area contributed by atoms with Gasteiger partial charge in [0.2, 0.25) is 0 Å². The molecule has 2 heteroatoms. The summed E-state index contributed by atoms with van der Waals surface area (Å²) in [5, 5.41) is 3.52. The van der Waals surface area contributed by atoms with Gasteiger partial charge in [-0.3, -0.25) is 0 Å². The van der Waals surface area contributed by atoms with E-state index in [1.165, 1.54) is 24.8 Å². The van der Waals surface area contributed by atoms with Crippen LogP contribution >= 0.6 is 0 Å². The topological polar surface area (TPSA) is 12.0 Å². The van der Waals surface area contributed by atoms with Crippen molar-refractivity contribution < 1.29 is 4.39 Å². The standard InChI is InChI=1S/C19H30FN/c1-5-21-12-16-7-6-15(13(2)3)11-19(16)18-9-8-17(20)10-14(18)4/h8-10,13,15-16,19,21H,5-7,11-12H2,1-4H3. The molecule has 3 atom stereocenters. The van der Waals surface area contributed by atoms with Gasteiger partial charge in [-0.05, 0) is 86.2 Å². The van der Waals surface area contributed by atoms with E-state index < -0.39 is 0 Å². The van der Waals surface area contributed by atoms with Crippen molar-refractivity contribution in [2.45, 2.75) is 52.9 Å². The van der Waals surface area contributed by atoms with Crippen LogP contribution < -0.4 is 5.32 Å². The molecule has 0 aliphatic heterocycles. The molecule has 1 fully saturated rings. The third-order valence-electron chi connectivity index (χ3n) is 5.26. The van der Waals surface area contributed by atoms with Crippen LogP contribution in [-0.4, -0.2) is 13.1 Å². The Morgan fingerprint density at radius 3 is 2.67 bits per heavy atom. The van der Waals surface area contributed by atoms with Crippen LogP contribution in [-0.2, 0) is 0 Å². The van der Waals surface area contributed by atoms with E-state index in [1.54, 1.807) is 12.1 Å². The third kappa shape index (κ3) is 4.06. The number of hydrogen-bond acceptors (Lipinski definition) is 1. The first-order chi connectivity index (χ1) is 10.0. The van der Waals surface area contributed by atoms with Gasteiger partial charge in [0.1, 0.15) is 5.82 Å². The van der Waals surface area contributed by atoms with E-state index in [4.69, 9.17) is 0 Å². The van der Waals surface area contributed by atoms with E-state index in [1.807, 2.05) is 6.07 Å². The Balaban J connectivity index is 2.23. The number of aryl methyl sites for hydroxylation is 1. The second kappa shape index (κ2) is 7.40. The maximum Gasteiger partial charge on any atom is 0.123 e. The molecule has 1 N–H and O–H groups in total. The van der Waals surface area contributed by atoms with E-state index in [0.29, 0.717) is 11.8 Å². The van der Waals surface area contributed by atoms with Gasteiger partial charge in [0, 0.05) is 0 Å². The Morgan fingerprint density at radius 1 is 1.29 bits per heavy atom. The molecule has 3 unspecified atom stereocenters. The van der Waals surface area contributed by atoms with Crippen molar-refractivity contribution in [3.8, 4) is 0 Å². The lowest BCUT2D eigenvalue weighted by atomic mass is 9.67. The first-order valence-corrected chi connectivity index (χ1v) is 8.49. The van der Waals surface area contributed by atoms with Crippen LogP contribution in [0.15, 0.2) is 18.2 Å². The van der Waals surface area contributed by atoms with Crippen molar-refractivity contribution in [3.63, 3.8) is 0 Å². The highest BCUT2D eigenvalue weighted by atomic mass is 19.1. The van der Waals surface area contributed by atoms with Gasteiger partial charge in [-0.1, -0.05) is 26.8 Å². The summed E-state index contributed by atoms with van der Waals surface area (Å²) in [6, 6.07) is 5.35. The lowest BCUT2D eigenvalue weighted by molar-refractivity contribution is 0.190. The lowest BCUT2D eigenvalue weighted by Gasteiger charge is -2.39. The molecule has 0 radical (unpaired) electrons. The van der Waals surface area contributed by atoms with E-state index in [-0.39, 0.29) is 5.82 Å². The van der Waals surface area contributed by atoms with Crippen molar-refractivity contribution in [1.82, 2.24) is 5.32 Å². The molecular formula is C19H30FN. The predicted octanol–water partition coefficient (Wildman–Crippen LogP) is 4.90. The van der Waals surface area contributed by atoms with Gasteiger partial charge in [-0.25, -0.2) is 4.39 Å². The molecular weight excluding hydrogens is 261 g/mol. The number of nitrogens with one attached hydrogen (secondary N) is 1. The second-order valence-corrected chi connectivity index (χ2v) is 6.99. The van der Waals surface area contributed by atoms with Crippen LogP contribution in [0.5, 0.6) is 0 Å². The summed E-state index contributed by atoms with van der Waals surface area (Å²) >= 11 is 0. The second-order valence-electron chi connectivity index (χ2n) is 6.99. The average Bonchev–Trinajstić information content (AvgIpc) is 2.45. The van der Waals surface area contributed by atoms with E-state index in [2.05, 4.69) is 33.0 Å². The monoisotopic (exact) mass is 291 g/mol. The summed E-state index contributed by atoms with van der Waals surface area (Å²) in [5.74, 6) is 2.69. The molecule has 118 valence electrons. The smallest absolute Gasteiger partial charge is 0.123 e. The van der Waals surface area contributed by atoms with Gasteiger partial charge in [0.05, 0.1) is 0 Å². The molecule has 2 rings (SSSR count). The van der Waals surface area contributed by atoms with Gasteiger partial charge < -0.3 is 5.32 Å². The minimum absolute atomic E-state index is 0.115. The molecule has 0 aromatic heterocycles. The van der Waals surface area contributed by atoms with Gasteiger partial charge in [-0.15, -0.1) is 0 Å². The Hall–Kier alpha value is -0.890. The number of rotatable bonds is 5. The van der Waals surface area contributed by atoms with E-state index in [9.17, 15) is 4.39 Å². The van der Waals surface area contributed by atoms with Crippen LogP contribution in [0.1, 0.15) is 57.1 Å². The molecule has 0 amide bonds. The maximum absolute atomic E-state index is 13.4. The largest absolute Gasteiger partial charge is 0.317 e. The molecule has 0 heterocycles. The summed E-state index contributed by atoms with van der Waals surface area (Å²) in [5.41, 5.74) is 2.48. The summed E-state index contributed by atoms with van der Waals surface area (Å²) < 4.78 is 13.4. The Kier molecular flexibility index (Phi) is 5.80. The fourth-order valence-electron chi connectivity index (χ4n) is 3.88. The quantitative estimate of drug-likeness (QED) is 0.813. The van der Waals surface area contributed by atoms with E-state index >= 15 is 0 Å². The van der Waals surface area contributed by atoms with Crippen LogP contribution in [0, 0.1) is 30.5 Å². The first kappa shape index (κ1) is 16.5. The van der Waals surface area contributed by atoms with Crippen molar-refractivity contribution in [1.29, 1.82) is 0 Å². The fourth-order valence-corrected chi connectivity index (χ4v) is 3.88. The van der Waals surface area contributed by atoms with Crippen LogP contribution in [0.2, 0.25) is 0 Å². The minimum Gasteiger partial charge on any atom is -0.317 e. The van der Waals surface area contributed by atoms with Crippen LogP contribution in [0.4, 0.5) is 4.39 Å². The highest BCUT2D eigenvalue weighted by Gasteiger charge is 2.33. The molecule has 1 aliphatic rings. The number of halogens is 1. The normalized spacial score (nSPS) is 26.3. The number of hydrogen-bond donors (Lipinski definition) is 1. The molecule has 1 aliphatic carbocycles. The predicted molar refractivity (Wildman–Crippen MR) is 88.1 cm³/mol. The lowest BCUT2D eigenvalue weighted by Crippen LogP contribution is -2.33. The molecule has 0 bridgehead atoms. The maximum atomic E-state index is 13.4. The zero-order valence-corrected chi connectivity index (χ0v) is 14.0. The molecule has 1 aromatic rings. The zero-order chi connectivity index (χ0) is 15.4. The highest BCUT2D eigenvalue weighted by molar-refractivity contribution is 5.31. The van der Waals surface area contributed by atoms with Gasteiger partial charge >= 0.3 is 0 Å². The molecule has 21 heavy (non-hydrogen) atoms. The van der Waals surface area contributed by atoms with Crippen molar-refractivity contribution >= 4 is 0 Å². The molecule has 1 saturated carbocycles. The molecule has 1 aromatic carbocycles. The Bertz CT molecular complexity index is 455. The fraction of sp³-hybridized carbons (Fsp3) is 0.684. The average molecular weight is 291 g/mol. The SMILES string of the molecule is CCNCC1CCC(C(C)C)CC1c1ccc(F)cc1C. The molecule has 0 saturated heterocycles. The molecule has 1 nitrogen and oxygen atoms in total. The van der Waals surface area contributed by atoms with Crippen molar-refractivity contribution in [3.05, 3.63) is 35.1 Å². The summed E-state index contributed by atoms with van der Waals surface area (Å²) in [6.07, 6.45) is 3.88. The van der Waals surface area contributed by atoms with Crippen molar-refractivity contribution in [2.75, 3.05) is 13.1 Å². The number of benzene rings is 1. The van der Waals surface area contributed by atoms with Crippen molar-refractivity contribution in [2.24, 2.45) is 17.8 Å². The van der Waals surface area contributed by atoms with Crippen LogP contribution in [0.25, 0.3) is 0 Å². The van der Waals surface area contributed by atoms with E-state index in [0.717, 1.165) is 30.5 Å². The van der Waals surface area contributed by atoms with Gasteiger partial charge in [0.15, 0.2) is 0 Å². The summed E-state index contributed by atoms with van der Waals surface area (Å²) in [6.45, 7) is 11.0. The minimum atomic E-state index is -0.115. The van der Waals surface area contributed by atoms with Crippen LogP contribution in [0.3, 0.4) is 0 Å². The van der Waals surface area contributed by atoms with Gasteiger partial charge in [0.25, 0.3) is 0 Å². The third-order valence-corrected chi connectivity index (χ3v) is 5.26. The molecule has 0 spiro atoms. The zero-order valence-electron chi connectivity index (χ0n) is 14.0. The Morgan fingerprint density at radius 2 is 2.05 bits per heavy atom. The first-order valence-electron chi connectivity index (χ1n) is 8.49.